The number of carbonyl (C=O) groups excluding carboxylic acids is 2. The highest BCUT2D eigenvalue weighted by Gasteiger charge is 2.37. The van der Waals surface area contributed by atoms with Crippen LogP contribution < -0.4 is 5.32 Å². The highest BCUT2D eigenvalue weighted by molar-refractivity contribution is 5.88. The lowest BCUT2D eigenvalue weighted by molar-refractivity contribution is -0.127. The van der Waals surface area contributed by atoms with Crippen molar-refractivity contribution >= 4 is 12.0 Å². The van der Waals surface area contributed by atoms with Gasteiger partial charge in [0.05, 0.1) is 0 Å². The van der Waals surface area contributed by atoms with Crippen molar-refractivity contribution < 1.29 is 14.3 Å². The molecule has 1 aliphatic carbocycles. The van der Waals surface area contributed by atoms with Crippen LogP contribution in [0.5, 0.6) is 0 Å². The maximum absolute atomic E-state index is 13.3. The van der Waals surface area contributed by atoms with Crippen LogP contribution in [0.2, 0.25) is 0 Å². The smallest absolute Gasteiger partial charge is 0.411 e. The third-order valence-corrected chi connectivity index (χ3v) is 5.92. The molecule has 5 heteroatoms. The minimum absolute atomic E-state index is 0.0966. The van der Waals surface area contributed by atoms with E-state index in [4.69, 9.17) is 4.74 Å². The molecule has 2 aliphatic rings. The highest BCUT2D eigenvalue weighted by Crippen LogP contribution is 2.31. The van der Waals surface area contributed by atoms with Crippen molar-refractivity contribution in [2.75, 3.05) is 6.54 Å². The number of nitrogens with one attached hydrogen (secondary N) is 1. The summed E-state index contributed by atoms with van der Waals surface area (Å²) in [6.07, 6.45) is 5.84. The molecule has 1 atom stereocenters. The van der Waals surface area contributed by atoms with Crippen molar-refractivity contribution in [2.24, 2.45) is 0 Å². The first-order valence-electron chi connectivity index (χ1n) is 10.6. The predicted octanol–water partition coefficient (Wildman–Crippen LogP) is 4.37. The molecule has 0 aromatic heterocycles. The number of hydrogen-bond donors (Lipinski definition) is 1. The molecule has 29 heavy (non-hydrogen) atoms. The molecule has 1 aliphatic heterocycles. The maximum atomic E-state index is 13.3. The Morgan fingerprint density at radius 3 is 2.48 bits per heavy atom. The van der Waals surface area contributed by atoms with E-state index >= 15 is 0 Å². The molecule has 0 spiro atoms. The molecule has 2 aromatic rings. The first kappa shape index (κ1) is 19.5. The quantitative estimate of drug-likeness (QED) is 0.840. The molecule has 1 fully saturated rings. The lowest BCUT2D eigenvalue weighted by Gasteiger charge is -2.36. The Kier molecular flexibility index (Phi) is 6.13. The van der Waals surface area contributed by atoms with Crippen LogP contribution in [-0.2, 0) is 22.6 Å². The van der Waals surface area contributed by atoms with Crippen molar-refractivity contribution in [2.45, 2.75) is 57.2 Å². The van der Waals surface area contributed by atoms with Crippen LogP contribution >= 0.6 is 0 Å². The number of nitrogens with zero attached hydrogens (tertiary/aromatic N) is 1. The Hall–Kier alpha value is -2.82. The van der Waals surface area contributed by atoms with E-state index in [0.717, 1.165) is 48.8 Å². The second-order valence-corrected chi connectivity index (χ2v) is 7.93. The Balaban J connectivity index is 1.51. The Bertz CT molecular complexity index is 846. The van der Waals surface area contributed by atoms with Crippen LogP contribution in [0.15, 0.2) is 54.6 Å². The average molecular weight is 392 g/mol. The van der Waals surface area contributed by atoms with Gasteiger partial charge in [0, 0.05) is 12.6 Å². The number of hydrogen-bond acceptors (Lipinski definition) is 3. The van der Waals surface area contributed by atoms with Crippen molar-refractivity contribution in [1.82, 2.24) is 10.2 Å². The van der Waals surface area contributed by atoms with Crippen LogP contribution in [0.3, 0.4) is 0 Å². The van der Waals surface area contributed by atoms with E-state index in [2.05, 4.69) is 5.32 Å². The van der Waals surface area contributed by atoms with Gasteiger partial charge in [-0.2, -0.15) is 0 Å². The minimum atomic E-state index is -0.634. The van der Waals surface area contributed by atoms with Gasteiger partial charge < -0.3 is 10.1 Å². The predicted molar refractivity (Wildman–Crippen MR) is 111 cm³/mol. The molecule has 1 saturated carbocycles. The summed E-state index contributed by atoms with van der Waals surface area (Å²) in [5.41, 5.74) is 2.97. The van der Waals surface area contributed by atoms with E-state index in [-0.39, 0.29) is 18.6 Å². The first-order valence-corrected chi connectivity index (χ1v) is 10.6. The van der Waals surface area contributed by atoms with Crippen molar-refractivity contribution in [3.63, 3.8) is 0 Å². The summed E-state index contributed by atoms with van der Waals surface area (Å²) in [6.45, 7) is 0.683. The minimum Gasteiger partial charge on any atom is -0.445 e. The molecule has 4 rings (SSSR count). The Labute approximate surface area is 172 Å². The third-order valence-electron chi connectivity index (χ3n) is 5.92. The van der Waals surface area contributed by atoms with E-state index in [0.29, 0.717) is 6.54 Å². The van der Waals surface area contributed by atoms with E-state index in [9.17, 15) is 9.59 Å². The molecule has 2 amide bonds. The largest absolute Gasteiger partial charge is 0.445 e. The van der Waals surface area contributed by atoms with Gasteiger partial charge in [-0.05, 0) is 36.0 Å². The fourth-order valence-electron chi connectivity index (χ4n) is 4.38. The lowest BCUT2D eigenvalue weighted by atomic mass is 9.91. The molecular formula is C24H28N2O3. The van der Waals surface area contributed by atoms with Crippen LogP contribution in [0.1, 0.15) is 54.8 Å². The fraction of sp³-hybridized carbons (Fsp3) is 0.417. The lowest BCUT2D eigenvalue weighted by Crippen LogP contribution is -2.49. The summed E-state index contributed by atoms with van der Waals surface area (Å²) in [5, 5.41) is 3.20. The monoisotopic (exact) mass is 392 g/mol. The van der Waals surface area contributed by atoms with Crippen LogP contribution in [-0.4, -0.2) is 29.5 Å². The van der Waals surface area contributed by atoms with Gasteiger partial charge in [-0.1, -0.05) is 73.9 Å². The fourth-order valence-corrected chi connectivity index (χ4v) is 4.38. The van der Waals surface area contributed by atoms with E-state index in [1.54, 1.807) is 4.90 Å². The van der Waals surface area contributed by atoms with Crippen molar-refractivity contribution in [3.05, 3.63) is 71.3 Å². The standard InChI is InChI=1S/C24H28N2O3/c27-23(25-20-12-5-2-6-13-20)22-21-14-8-7-11-19(21)15-16-26(22)24(28)29-17-18-9-3-1-4-10-18/h1,3-4,7-11,14,20,22H,2,5-6,12-13,15-17H2,(H,25,27). The van der Waals surface area contributed by atoms with Gasteiger partial charge in [0.2, 0.25) is 5.91 Å². The SMILES string of the molecule is O=C(NC1CCCCC1)C1c2ccccc2CCN1C(=O)OCc1ccccc1. The van der Waals surface area contributed by atoms with E-state index in [1.807, 2.05) is 54.6 Å². The molecule has 1 unspecified atom stereocenters. The number of rotatable bonds is 4. The topological polar surface area (TPSA) is 58.6 Å². The summed E-state index contributed by atoms with van der Waals surface area (Å²) >= 11 is 0. The summed E-state index contributed by atoms with van der Waals surface area (Å²) in [5.74, 6) is -0.0966. The zero-order valence-corrected chi connectivity index (χ0v) is 16.7. The second kappa shape index (κ2) is 9.12. The molecular weight excluding hydrogens is 364 g/mol. The van der Waals surface area contributed by atoms with Gasteiger partial charge >= 0.3 is 6.09 Å². The summed E-state index contributed by atoms with van der Waals surface area (Å²) in [7, 11) is 0. The zero-order chi connectivity index (χ0) is 20.1. The first-order chi connectivity index (χ1) is 14.2. The molecule has 0 bridgehead atoms. The normalized spacial score (nSPS) is 19.3. The number of fused-ring (bicyclic) bond motifs is 1. The number of amides is 2. The molecule has 1 heterocycles. The average Bonchev–Trinajstić information content (AvgIpc) is 2.78. The molecule has 1 N–H and O–H groups in total. The van der Waals surface area contributed by atoms with Gasteiger partial charge in [0.15, 0.2) is 0 Å². The number of carbonyl (C=O) groups is 2. The summed E-state index contributed by atoms with van der Waals surface area (Å²) in [6, 6.07) is 17.1. The van der Waals surface area contributed by atoms with Crippen molar-refractivity contribution in [3.8, 4) is 0 Å². The van der Waals surface area contributed by atoms with Crippen LogP contribution in [0.25, 0.3) is 0 Å². The van der Waals surface area contributed by atoms with E-state index in [1.165, 1.54) is 6.42 Å². The van der Waals surface area contributed by atoms with E-state index < -0.39 is 12.1 Å². The Morgan fingerprint density at radius 2 is 1.69 bits per heavy atom. The molecule has 5 nitrogen and oxygen atoms in total. The maximum Gasteiger partial charge on any atom is 0.411 e. The number of ether oxygens (including phenoxy) is 1. The number of benzene rings is 2. The Morgan fingerprint density at radius 1 is 0.966 bits per heavy atom. The third kappa shape index (κ3) is 4.61. The van der Waals surface area contributed by atoms with Gasteiger partial charge in [0.25, 0.3) is 0 Å². The zero-order valence-electron chi connectivity index (χ0n) is 16.7. The van der Waals surface area contributed by atoms with Crippen molar-refractivity contribution in [1.29, 1.82) is 0 Å². The second-order valence-electron chi connectivity index (χ2n) is 7.93. The van der Waals surface area contributed by atoms with Gasteiger partial charge in [-0.3, -0.25) is 9.69 Å². The molecule has 0 radical (unpaired) electrons. The summed E-state index contributed by atoms with van der Waals surface area (Å²) in [4.78, 5) is 27.8. The van der Waals surface area contributed by atoms with Crippen LogP contribution in [0.4, 0.5) is 4.79 Å². The molecule has 152 valence electrons. The highest BCUT2D eigenvalue weighted by atomic mass is 16.6. The van der Waals surface area contributed by atoms with Gasteiger partial charge in [-0.15, -0.1) is 0 Å². The van der Waals surface area contributed by atoms with Crippen LogP contribution in [0, 0.1) is 0 Å². The summed E-state index contributed by atoms with van der Waals surface area (Å²) < 4.78 is 5.56. The molecule has 0 saturated heterocycles. The molecule has 2 aromatic carbocycles. The van der Waals surface area contributed by atoms with Gasteiger partial charge in [-0.25, -0.2) is 4.79 Å². The van der Waals surface area contributed by atoms with Gasteiger partial charge in [0.1, 0.15) is 12.6 Å².